The summed E-state index contributed by atoms with van der Waals surface area (Å²) in [5, 5.41) is 3.54. The van der Waals surface area contributed by atoms with Crippen LogP contribution in [0, 0.1) is 6.92 Å². The van der Waals surface area contributed by atoms with E-state index in [1.165, 1.54) is 6.92 Å². The number of amides is 1. The maximum absolute atomic E-state index is 12.3. The highest BCUT2D eigenvalue weighted by atomic mass is 16.6. The Morgan fingerprint density at radius 2 is 1.92 bits per heavy atom. The van der Waals surface area contributed by atoms with Gasteiger partial charge in [0, 0.05) is 16.5 Å². The summed E-state index contributed by atoms with van der Waals surface area (Å²) >= 11 is 0. The van der Waals surface area contributed by atoms with Crippen LogP contribution in [0.1, 0.15) is 43.8 Å². The monoisotopic (exact) mass is 333 g/mol. The molecule has 1 aromatic heterocycles. The van der Waals surface area contributed by atoms with Crippen LogP contribution in [-0.2, 0) is 9.53 Å². The van der Waals surface area contributed by atoms with Crippen LogP contribution in [0.4, 0.5) is 0 Å². The summed E-state index contributed by atoms with van der Waals surface area (Å²) in [6.07, 6.45) is -0.918. The van der Waals surface area contributed by atoms with E-state index >= 15 is 0 Å². The molecule has 130 valence electrons. The molecular weight excluding hydrogens is 310 g/mol. The van der Waals surface area contributed by atoms with Crippen LogP contribution in [-0.4, -0.2) is 30.6 Å². The summed E-state index contributed by atoms with van der Waals surface area (Å²) < 4.78 is 16.0. The Balaban J connectivity index is 2.19. The molecule has 0 aliphatic heterocycles. The van der Waals surface area contributed by atoms with Gasteiger partial charge in [0.2, 0.25) is 5.76 Å². The number of fused-ring (bicyclic) bond motifs is 1. The summed E-state index contributed by atoms with van der Waals surface area (Å²) in [7, 11) is 1.57. The van der Waals surface area contributed by atoms with Crippen molar-refractivity contribution in [2.75, 3.05) is 7.11 Å². The van der Waals surface area contributed by atoms with Gasteiger partial charge in [-0.3, -0.25) is 4.79 Å². The number of aryl methyl sites for hydroxylation is 1. The molecule has 0 fully saturated rings. The van der Waals surface area contributed by atoms with Gasteiger partial charge in [-0.1, -0.05) is 0 Å². The minimum Gasteiger partial charge on any atom is -0.497 e. The van der Waals surface area contributed by atoms with Crippen molar-refractivity contribution in [3.63, 3.8) is 0 Å². The topological polar surface area (TPSA) is 77.8 Å². The molecule has 0 spiro atoms. The second-order valence-electron chi connectivity index (χ2n) is 6.71. The Morgan fingerprint density at radius 3 is 2.50 bits per heavy atom. The maximum atomic E-state index is 12.3. The fraction of sp³-hybridized carbons (Fsp3) is 0.444. The molecule has 0 unspecified atom stereocenters. The number of rotatable bonds is 4. The van der Waals surface area contributed by atoms with Gasteiger partial charge in [0.15, 0.2) is 6.10 Å². The molecule has 0 aliphatic rings. The van der Waals surface area contributed by atoms with Crippen molar-refractivity contribution in [1.82, 2.24) is 5.32 Å². The van der Waals surface area contributed by atoms with Gasteiger partial charge in [0.1, 0.15) is 11.3 Å². The zero-order valence-electron chi connectivity index (χ0n) is 14.9. The highest BCUT2D eigenvalue weighted by molar-refractivity contribution is 5.97. The predicted octanol–water partition coefficient (Wildman–Crippen LogP) is 3.21. The van der Waals surface area contributed by atoms with Gasteiger partial charge in [0.05, 0.1) is 7.11 Å². The molecule has 0 radical (unpaired) electrons. The SMILES string of the molecule is COc1ccc2oc(C(=O)O[C@@H](C)C(=O)NC(C)(C)C)c(C)c2c1. The van der Waals surface area contributed by atoms with Crippen molar-refractivity contribution >= 4 is 22.8 Å². The number of hydrogen-bond acceptors (Lipinski definition) is 5. The van der Waals surface area contributed by atoms with Gasteiger partial charge in [-0.15, -0.1) is 0 Å². The largest absolute Gasteiger partial charge is 0.497 e. The Bertz CT molecular complexity index is 770. The molecule has 1 heterocycles. The second-order valence-corrected chi connectivity index (χ2v) is 6.71. The number of ether oxygens (including phenoxy) is 2. The minimum absolute atomic E-state index is 0.0914. The summed E-state index contributed by atoms with van der Waals surface area (Å²) in [6, 6.07) is 5.27. The van der Waals surface area contributed by atoms with E-state index < -0.39 is 17.6 Å². The van der Waals surface area contributed by atoms with E-state index in [2.05, 4.69) is 5.32 Å². The van der Waals surface area contributed by atoms with Crippen molar-refractivity contribution in [2.24, 2.45) is 0 Å². The van der Waals surface area contributed by atoms with Crippen molar-refractivity contribution in [2.45, 2.75) is 46.3 Å². The van der Waals surface area contributed by atoms with Gasteiger partial charge in [-0.25, -0.2) is 4.79 Å². The van der Waals surface area contributed by atoms with E-state index in [0.717, 1.165) is 5.39 Å². The first-order valence-corrected chi connectivity index (χ1v) is 7.72. The lowest BCUT2D eigenvalue weighted by Gasteiger charge is -2.23. The quantitative estimate of drug-likeness (QED) is 0.869. The van der Waals surface area contributed by atoms with Gasteiger partial charge in [-0.2, -0.15) is 0 Å². The number of furan rings is 1. The lowest BCUT2D eigenvalue weighted by atomic mass is 10.1. The van der Waals surface area contributed by atoms with Crippen LogP contribution >= 0.6 is 0 Å². The lowest BCUT2D eigenvalue weighted by Crippen LogP contribution is -2.46. The zero-order valence-corrected chi connectivity index (χ0v) is 14.9. The Morgan fingerprint density at radius 1 is 1.25 bits per heavy atom. The van der Waals surface area contributed by atoms with Crippen molar-refractivity contribution in [1.29, 1.82) is 0 Å². The minimum atomic E-state index is -0.918. The van der Waals surface area contributed by atoms with Crippen LogP contribution in [0.3, 0.4) is 0 Å². The van der Waals surface area contributed by atoms with E-state index in [1.807, 2.05) is 20.8 Å². The van der Waals surface area contributed by atoms with E-state index in [-0.39, 0.29) is 11.7 Å². The third-order valence-corrected chi connectivity index (χ3v) is 3.48. The molecule has 0 aliphatic carbocycles. The lowest BCUT2D eigenvalue weighted by molar-refractivity contribution is -0.130. The van der Waals surface area contributed by atoms with E-state index in [0.29, 0.717) is 16.9 Å². The molecule has 6 nitrogen and oxygen atoms in total. The summed E-state index contributed by atoms with van der Waals surface area (Å²) in [4.78, 5) is 24.4. The number of esters is 1. The number of nitrogens with one attached hydrogen (secondary N) is 1. The van der Waals surface area contributed by atoms with Gasteiger partial charge < -0.3 is 19.2 Å². The van der Waals surface area contributed by atoms with Crippen LogP contribution in [0.5, 0.6) is 5.75 Å². The summed E-state index contributed by atoms with van der Waals surface area (Å²) in [5.74, 6) is -0.261. The number of hydrogen-bond donors (Lipinski definition) is 1. The Hall–Kier alpha value is -2.50. The average molecular weight is 333 g/mol. The highest BCUT2D eigenvalue weighted by Crippen LogP contribution is 2.29. The first-order chi connectivity index (χ1) is 11.1. The third kappa shape index (κ3) is 3.88. The Labute approximate surface area is 141 Å². The molecule has 1 aromatic carbocycles. The molecule has 24 heavy (non-hydrogen) atoms. The summed E-state index contributed by atoms with van der Waals surface area (Å²) in [5.41, 5.74) is 0.813. The normalized spacial score (nSPS) is 12.8. The molecule has 2 aromatic rings. The van der Waals surface area contributed by atoms with Gasteiger partial charge >= 0.3 is 5.97 Å². The van der Waals surface area contributed by atoms with Crippen molar-refractivity contribution < 1.29 is 23.5 Å². The average Bonchev–Trinajstić information content (AvgIpc) is 2.82. The number of carbonyl (C=O) groups is 2. The molecule has 0 saturated carbocycles. The maximum Gasteiger partial charge on any atom is 0.375 e. The van der Waals surface area contributed by atoms with Crippen molar-refractivity contribution in [3.05, 3.63) is 29.5 Å². The zero-order chi connectivity index (χ0) is 18.1. The molecule has 2 rings (SSSR count). The van der Waals surface area contributed by atoms with Crippen LogP contribution in [0.2, 0.25) is 0 Å². The van der Waals surface area contributed by atoms with Crippen molar-refractivity contribution in [3.8, 4) is 5.75 Å². The standard InChI is InChI=1S/C18H23NO5/c1-10-13-9-12(22-6)7-8-14(13)24-15(10)17(21)23-11(2)16(20)19-18(3,4)5/h7-9,11H,1-6H3,(H,19,20)/t11-/m0/s1. The molecule has 1 atom stereocenters. The van der Waals surface area contributed by atoms with Gasteiger partial charge in [-0.05, 0) is 52.8 Å². The van der Waals surface area contributed by atoms with E-state index in [4.69, 9.17) is 13.9 Å². The number of benzene rings is 1. The fourth-order valence-corrected chi connectivity index (χ4v) is 2.26. The number of methoxy groups -OCH3 is 1. The fourth-order valence-electron chi connectivity index (χ4n) is 2.26. The summed E-state index contributed by atoms with van der Waals surface area (Å²) in [6.45, 7) is 8.87. The van der Waals surface area contributed by atoms with Crippen LogP contribution in [0.25, 0.3) is 11.0 Å². The Kier molecular flexibility index (Phi) is 4.87. The highest BCUT2D eigenvalue weighted by Gasteiger charge is 2.26. The predicted molar refractivity (Wildman–Crippen MR) is 90.3 cm³/mol. The third-order valence-electron chi connectivity index (χ3n) is 3.48. The molecule has 6 heteroatoms. The molecule has 0 saturated heterocycles. The number of carbonyl (C=O) groups excluding carboxylic acids is 2. The van der Waals surface area contributed by atoms with E-state index in [9.17, 15) is 9.59 Å². The first-order valence-electron chi connectivity index (χ1n) is 7.72. The second kappa shape index (κ2) is 6.55. The molecule has 1 N–H and O–H groups in total. The van der Waals surface area contributed by atoms with Crippen LogP contribution < -0.4 is 10.1 Å². The smallest absolute Gasteiger partial charge is 0.375 e. The van der Waals surface area contributed by atoms with Crippen LogP contribution in [0.15, 0.2) is 22.6 Å². The first kappa shape index (κ1) is 17.8. The molecule has 0 bridgehead atoms. The molecular formula is C18H23NO5. The van der Waals surface area contributed by atoms with Gasteiger partial charge in [0.25, 0.3) is 5.91 Å². The van der Waals surface area contributed by atoms with E-state index in [1.54, 1.807) is 32.2 Å². The molecule has 1 amide bonds.